The molecule has 0 bridgehead atoms. The summed E-state index contributed by atoms with van der Waals surface area (Å²) in [4.78, 5) is 19.1. The van der Waals surface area contributed by atoms with Crippen LogP contribution < -0.4 is 0 Å². The Morgan fingerprint density at radius 3 is 1.07 bits per heavy atom. The van der Waals surface area contributed by atoms with Crippen molar-refractivity contribution < 1.29 is 8.83 Å². The molecule has 0 radical (unpaired) electrons. The predicted octanol–water partition coefficient (Wildman–Crippen LogP) is 8.66. The second-order valence-electron chi connectivity index (χ2n) is 9.95. The second kappa shape index (κ2) is 9.27. The van der Waals surface area contributed by atoms with E-state index in [2.05, 4.69) is 70.6 Å². The van der Waals surface area contributed by atoms with Crippen molar-refractivity contribution in [2.75, 3.05) is 0 Å². The van der Waals surface area contributed by atoms with Crippen LogP contribution in [0.1, 0.15) is 23.2 Å². The molecule has 0 aliphatic heterocycles. The molecule has 0 spiro atoms. The summed E-state index contributed by atoms with van der Waals surface area (Å²) in [5, 5.41) is 4.41. The lowest BCUT2D eigenvalue weighted by molar-refractivity contribution is 0.532. The van der Waals surface area contributed by atoms with Crippen LogP contribution >= 0.6 is 0 Å². The molecule has 0 aliphatic carbocycles. The molecule has 0 atom stereocenters. The SMILES string of the molecule is Cc1nc(C)c(-c2cccc(-c3c4ccccc4c(-c4cccc(-c5oc(C)nc5C)n4)c4ccccc34)n2)o1. The van der Waals surface area contributed by atoms with Crippen LogP contribution in [0.15, 0.2) is 93.8 Å². The van der Waals surface area contributed by atoms with Gasteiger partial charge in [-0.25, -0.2) is 19.9 Å². The number of benzene rings is 3. The van der Waals surface area contributed by atoms with Gasteiger partial charge in [-0.15, -0.1) is 0 Å². The zero-order chi connectivity index (χ0) is 27.4. The number of oxazole rings is 2. The molecule has 7 rings (SSSR count). The van der Waals surface area contributed by atoms with E-state index in [1.165, 1.54) is 0 Å². The summed E-state index contributed by atoms with van der Waals surface area (Å²) in [6.45, 7) is 7.60. The smallest absolute Gasteiger partial charge is 0.192 e. The van der Waals surface area contributed by atoms with Crippen LogP contribution in [0.25, 0.3) is 67.0 Å². The highest BCUT2D eigenvalue weighted by Gasteiger charge is 2.20. The van der Waals surface area contributed by atoms with Gasteiger partial charge in [0.1, 0.15) is 11.4 Å². The Balaban J connectivity index is 1.50. The van der Waals surface area contributed by atoms with Crippen molar-refractivity contribution in [3.63, 3.8) is 0 Å². The predicted molar refractivity (Wildman–Crippen MR) is 158 cm³/mol. The van der Waals surface area contributed by atoms with Crippen molar-refractivity contribution in [3.05, 3.63) is 108 Å². The number of hydrogen-bond donors (Lipinski definition) is 0. The van der Waals surface area contributed by atoms with E-state index in [1.807, 2.05) is 52.0 Å². The first-order valence-electron chi connectivity index (χ1n) is 13.2. The molecule has 0 amide bonds. The van der Waals surface area contributed by atoms with Gasteiger partial charge in [-0.1, -0.05) is 60.7 Å². The molecule has 0 fully saturated rings. The molecule has 40 heavy (non-hydrogen) atoms. The normalized spacial score (nSPS) is 11.5. The van der Waals surface area contributed by atoms with Gasteiger partial charge in [-0.3, -0.25) is 0 Å². The van der Waals surface area contributed by atoms with Crippen molar-refractivity contribution in [1.29, 1.82) is 0 Å². The van der Waals surface area contributed by atoms with Gasteiger partial charge in [0.05, 0.1) is 22.8 Å². The standard InChI is InChI=1S/C34H26N4O2/c1-19-33(39-21(3)35-19)29-17-9-15-27(37-29)31-23-11-5-7-13-25(23)32(26-14-8-6-12-24(26)31)28-16-10-18-30(38-28)34-20(2)36-22(4)40-34/h5-18H,1-4H3. The average molecular weight is 523 g/mol. The molecular formula is C34H26N4O2. The largest absolute Gasteiger partial charge is 0.439 e. The molecule has 6 heteroatoms. The van der Waals surface area contributed by atoms with Crippen molar-refractivity contribution in [2.45, 2.75) is 27.7 Å². The van der Waals surface area contributed by atoms with Crippen molar-refractivity contribution in [2.24, 2.45) is 0 Å². The molecule has 0 unspecified atom stereocenters. The van der Waals surface area contributed by atoms with Gasteiger partial charge < -0.3 is 8.83 Å². The highest BCUT2D eigenvalue weighted by Crippen LogP contribution is 2.43. The maximum absolute atomic E-state index is 5.91. The molecular weight excluding hydrogens is 496 g/mol. The molecule has 7 aromatic rings. The Kier molecular flexibility index (Phi) is 5.56. The van der Waals surface area contributed by atoms with Gasteiger partial charge in [0, 0.05) is 25.0 Å². The minimum absolute atomic E-state index is 0.630. The van der Waals surface area contributed by atoms with Crippen LogP contribution in [-0.4, -0.2) is 19.9 Å². The van der Waals surface area contributed by atoms with Gasteiger partial charge in [0.25, 0.3) is 0 Å². The number of fused-ring (bicyclic) bond motifs is 2. The maximum atomic E-state index is 5.91. The Bertz CT molecular complexity index is 1860. The van der Waals surface area contributed by atoms with Crippen LogP contribution in [0.4, 0.5) is 0 Å². The van der Waals surface area contributed by atoms with E-state index in [4.69, 9.17) is 18.8 Å². The van der Waals surface area contributed by atoms with Gasteiger partial charge in [-0.05, 0) is 59.7 Å². The summed E-state index contributed by atoms with van der Waals surface area (Å²) in [5.74, 6) is 2.66. The fraction of sp³-hybridized carbons (Fsp3) is 0.118. The van der Waals surface area contributed by atoms with Gasteiger partial charge in [-0.2, -0.15) is 0 Å². The molecule has 194 valence electrons. The lowest BCUT2D eigenvalue weighted by atomic mass is 9.88. The summed E-state index contributed by atoms with van der Waals surface area (Å²) >= 11 is 0. The molecule has 0 saturated carbocycles. The summed E-state index contributed by atoms with van der Waals surface area (Å²) in [5.41, 5.74) is 7.08. The zero-order valence-corrected chi connectivity index (χ0v) is 22.7. The van der Waals surface area contributed by atoms with E-state index in [-0.39, 0.29) is 0 Å². The van der Waals surface area contributed by atoms with Crippen molar-refractivity contribution >= 4 is 21.5 Å². The second-order valence-corrected chi connectivity index (χ2v) is 9.95. The molecule has 4 aromatic heterocycles. The number of pyridine rings is 2. The van der Waals surface area contributed by atoms with Crippen LogP contribution in [-0.2, 0) is 0 Å². The van der Waals surface area contributed by atoms with Crippen LogP contribution in [0.3, 0.4) is 0 Å². The van der Waals surface area contributed by atoms with Crippen LogP contribution in [0.5, 0.6) is 0 Å². The lowest BCUT2D eigenvalue weighted by Gasteiger charge is -2.17. The first kappa shape index (κ1) is 24.0. The Morgan fingerprint density at radius 2 is 0.750 bits per heavy atom. The molecule has 6 nitrogen and oxygen atoms in total. The van der Waals surface area contributed by atoms with E-state index >= 15 is 0 Å². The Morgan fingerprint density at radius 1 is 0.400 bits per heavy atom. The molecule has 0 N–H and O–H groups in total. The molecule has 0 saturated heterocycles. The minimum atomic E-state index is 0.630. The number of nitrogens with zero attached hydrogens (tertiary/aromatic N) is 4. The van der Waals surface area contributed by atoms with Gasteiger partial charge in [0.2, 0.25) is 0 Å². The Labute approximate surface area is 231 Å². The van der Waals surface area contributed by atoms with Crippen molar-refractivity contribution in [1.82, 2.24) is 19.9 Å². The molecule has 3 aromatic carbocycles. The van der Waals surface area contributed by atoms with Crippen LogP contribution in [0, 0.1) is 27.7 Å². The molecule has 4 heterocycles. The summed E-state index contributed by atoms with van der Waals surface area (Å²) < 4.78 is 11.8. The number of aryl methyl sites for hydroxylation is 4. The maximum Gasteiger partial charge on any atom is 0.192 e. The van der Waals surface area contributed by atoms with E-state index in [1.54, 1.807) is 0 Å². The van der Waals surface area contributed by atoms with Crippen molar-refractivity contribution in [3.8, 4) is 45.4 Å². The summed E-state index contributed by atoms with van der Waals surface area (Å²) in [6, 6.07) is 29.0. The molecule has 0 aliphatic rings. The van der Waals surface area contributed by atoms with Gasteiger partial charge in [0.15, 0.2) is 23.3 Å². The quantitative estimate of drug-likeness (QED) is 0.215. The van der Waals surface area contributed by atoms with E-state index < -0.39 is 0 Å². The fourth-order valence-electron chi connectivity index (χ4n) is 5.62. The summed E-state index contributed by atoms with van der Waals surface area (Å²) in [7, 11) is 0. The first-order valence-corrected chi connectivity index (χ1v) is 13.2. The highest BCUT2D eigenvalue weighted by atomic mass is 16.4. The topological polar surface area (TPSA) is 77.8 Å². The number of aromatic nitrogens is 4. The third-order valence-corrected chi connectivity index (χ3v) is 7.21. The number of hydrogen-bond acceptors (Lipinski definition) is 6. The fourth-order valence-corrected chi connectivity index (χ4v) is 5.62. The van der Waals surface area contributed by atoms with Gasteiger partial charge >= 0.3 is 0 Å². The summed E-state index contributed by atoms with van der Waals surface area (Å²) in [6.07, 6.45) is 0. The monoisotopic (exact) mass is 522 g/mol. The number of rotatable bonds is 4. The lowest BCUT2D eigenvalue weighted by Crippen LogP contribution is -1.95. The Hall–Kier alpha value is -5.10. The minimum Gasteiger partial charge on any atom is -0.439 e. The zero-order valence-electron chi connectivity index (χ0n) is 22.7. The van der Waals surface area contributed by atoms with Crippen LogP contribution in [0.2, 0.25) is 0 Å². The van der Waals surface area contributed by atoms with E-state index in [0.717, 1.165) is 66.8 Å². The average Bonchev–Trinajstić information content (AvgIpc) is 3.50. The first-order chi connectivity index (χ1) is 19.5. The third-order valence-electron chi connectivity index (χ3n) is 7.21. The van der Waals surface area contributed by atoms with E-state index in [9.17, 15) is 0 Å². The highest BCUT2D eigenvalue weighted by molar-refractivity contribution is 6.20. The third kappa shape index (κ3) is 3.88. The van der Waals surface area contributed by atoms with E-state index in [0.29, 0.717) is 23.3 Å².